The monoisotopic (exact) mass is 428 g/mol. The Morgan fingerprint density at radius 2 is 2.00 bits per heavy atom. The number of pyridine rings is 1. The van der Waals surface area contributed by atoms with Crippen LogP contribution in [0.4, 0.5) is 4.39 Å². The van der Waals surface area contributed by atoms with E-state index >= 15 is 0 Å². The van der Waals surface area contributed by atoms with Gasteiger partial charge in [-0.25, -0.2) is 9.37 Å². The molecule has 0 atom stereocenters. The molecule has 1 aliphatic rings. The van der Waals surface area contributed by atoms with E-state index in [1.54, 1.807) is 29.8 Å². The molecule has 2 heterocycles. The van der Waals surface area contributed by atoms with Crippen LogP contribution < -0.4 is 51.4 Å². The number of hydrogen-bond acceptors (Lipinski definition) is 4. The zero-order chi connectivity index (χ0) is 16.1. The molecule has 1 N–H and O–H groups in total. The number of nitrogens with zero attached hydrogens (tertiary/aromatic N) is 3. The van der Waals surface area contributed by atoms with Gasteiger partial charge in [0.2, 0.25) is 0 Å². The minimum absolute atomic E-state index is 0. The third kappa shape index (κ3) is 3.80. The van der Waals surface area contributed by atoms with Crippen LogP contribution in [0.15, 0.2) is 28.7 Å². The predicted molar refractivity (Wildman–Crippen MR) is 90.3 cm³/mol. The maximum absolute atomic E-state index is 14.3. The second-order valence-electron chi connectivity index (χ2n) is 5.76. The smallest absolute Gasteiger partial charge is 0.870 e. The normalized spacial score (nSPS) is 13.2. The molecule has 5 nitrogen and oxygen atoms in total. The molecular formula is C17H13BrFKN3O2-. The number of imidazole rings is 1. The predicted octanol–water partition coefficient (Wildman–Crippen LogP) is 0.699. The van der Waals surface area contributed by atoms with Crippen molar-refractivity contribution in [3.8, 4) is 11.4 Å². The number of benzene rings is 1. The maximum Gasteiger partial charge on any atom is 1.00 e. The van der Waals surface area contributed by atoms with Crippen molar-refractivity contribution in [2.45, 2.75) is 18.8 Å². The summed E-state index contributed by atoms with van der Waals surface area (Å²) in [5, 5.41) is 0. The fraction of sp³-hybridized carbons (Fsp3) is 0.235. The van der Waals surface area contributed by atoms with Crippen LogP contribution >= 0.6 is 15.9 Å². The Morgan fingerprint density at radius 1 is 1.28 bits per heavy atom. The third-order valence-corrected chi connectivity index (χ3v) is 4.64. The quantitative estimate of drug-likeness (QED) is 0.454. The Balaban J connectivity index is 0.00000113. The van der Waals surface area contributed by atoms with Crippen molar-refractivity contribution in [2.75, 3.05) is 0 Å². The molecule has 0 unspecified atom stereocenters. The number of rotatable bonds is 3. The Morgan fingerprint density at radius 3 is 2.60 bits per heavy atom. The van der Waals surface area contributed by atoms with Gasteiger partial charge in [-0.2, -0.15) is 6.07 Å². The summed E-state index contributed by atoms with van der Waals surface area (Å²) in [6.45, 7) is 0. The molecular weight excluding hydrogens is 416 g/mol. The van der Waals surface area contributed by atoms with Crippen LogP contribution in [0.1, 0.15) is 30.0 Å². The molecule has 4 rings (SSSR count). The molecule has 25 heavy (non-hydrogen) atoms. The SMILES string of the molecule is Cn1c(-c2ccc(Br)cc2F)nc2c(C3CC3)cc([C-]=O)nc21.[K+].[OH-]. The molecule has 3 aromatic rings. The van der Waals surface area contributed by atoms with E-state index in [1.807, 2.05) is 6.29 Å². The van der Waals surface area contributed by atoms with E-state index < -0.39 is 0 Å². The van der Waals surface area contributed by atoms with Gasteiger partial charge in [0, 0.05) is 17.8 Å². The van der Waals surface area contributed by atoms with Crippen molar-refractivity contribution >= 4 is 33.4 Å². The fourth-order valence-corrected chi connectivity index (χ4v) is 3.18. The molecule has 124 valence electrons. The van der Waals surface area contributed by atoms with Gasteiger partial charge in [-0.15, -0.1) is 0 Å². The van der Waals surface area contributed by atoms with Crippen molar-refractivity contribution in [3.05, 3.63) is 45.8 Å². The Labute approximate surface area is 194 Å². The molecule has 1 aromatic carbocycles. The minimum atomic E-state index is -0.354. The average Bonchev–Trinajstić information content (AvgIpc) is 3.32. The summed E-state index contributed by atoms with van der Waals surface area (Å²) in [6, 6.07) is 6.62. The second kappa shape index (κ2) is 8.04. The fourth-order valence-electron chi connectivity index (χ4n) is 2.84. The van der Waals surface area contributed by atoms with Gasteiger partial charge in [-0.05, 0) is 37.0 Å². The van der Waals surface area contributed by atoms with Crippen LogP contribution in [-0.4, -0.2) is 26.3 Å². The molecule has 8 heteroatoms. The van der Waals surface area contributed by atoms with Gasteiger partial charge in [0.25, 0.3) is 0 Å². The van der Waals surface area contributed by atoms with Gasteiger partial charge >= 0.3 is 51.4 Å². The minimum Gasteiger partial charge on any atom is -0.870 e. The summed E-state index contributed by atoms with van der Waals surface area (Å²) in [5.74, 6) is 0.556. The zero-order valence-corrected chi connectivity index (χ0v) is 18.5. The van der Waals surface area contributed by atoms with E-state index in [0.717, 1.165) is 23.9 Å². The molecule has 0 bridgehead atoms. The van der Waals surface area contributed by atoms with E-state index in [4.69, 9.17) is 0 Å². The number of carbonyl (C=O) groups excluding carboxylic acids is 1. The molecule has 0 aliphatic heterocycles. The van der Waals surface area contributed by atoms with Gasteiger partial charge in [-0.1, -0.05) is 27.2 Å². The maximum atomic E-state index is 14.3. The van der Waals surface area contributed by atoms with Crippen LogP contribution in [0, 0.1) is 5.82 Å². The molecule has 1 aliphatic carbocycles. The number of halogens is 2. The van der Waals surface area contributed by atoms with Crippen molar-refractivity contribution in [1.29, 1.82) is 0 Å². The molecule has 1 saturated carbocycles. The van der Waals surface area contributed by atoms with Crippen LogP contribution in [0.3, 0.4) is 0 Å². The summed E-state index contributed by atoms with van der Waals surface area (Å²) in [4.78, 5) is 20.0. The standard InChI is InChI=1S/C17H12BrFN3O.K.H2O/c1-22-16(12-5-4-10(18)6-14(12)19)21-15-13(9-2-3-9)7-11(8-23)20-17(15)22;;/h4-7,9H,2-3H2,1H3;;1H2/q-1;+1;/p-1. The Kier molecular flexibility index (Phi) is 6.69. The first-order valence-corrected chi connectivity index (χ1v) is 8.08. The molecule has 0 radical (unpaired) electrons. The Hall–Kier alpha value is -0.484. The topological polar surface area (TPSA) is 77.8 Å². The van der Waals surface area contributed by atoms with Crippen LogP contribution in [0.5, 0.6) is 0 Å². The molecule has 2 aromatic heterocycles. The number of hydrogen-bond donors (Lipinski definition) is 0. The van der Waals surface area contributed by atoms with E-state index in [9.17, 15) is 9.18 Å². The van der Waals surface area contributed by atoms with Crippen LogP contribution in [0.25, 0.3) is 22.6 Å². The van der Waals surface area contributed by atoms with Gasteiger partial charge < -0.3 is 14.8 Å². The van der Waals surface area contributed by atoms with Gasteiger partial charge in [0.1, 0.15) is 11.6 Å². The first kappa shape index (κ1) is 20.8. The van der Waals surface area contributed by atoms with Crippen LogP contribution in [0.2, 0.25) is 0 Å². The van der Waals surface area contributed by atoms with Crippen LogP contribution in [-0.2, 0) is 11.8 Å². The average molecular weight is 429 g/mol. The van der Waals surface area contributed by atoms with Gasteiger partial charge in [0.05, 0.1) is 11.1 Å². The van der Waals surface area contributed by atoms with E-state index in [-0.39, 0.29) is 68.4 Å². The van der Waals surface area contributed by atoms with E-state index in [2.05, 4.69) is 25.9 Å². The summed E-state index contributed by atoms with van der Waals surface area (Å²) in [7, 11) is 1.78. The van der Waals surface area contributed by atoms with E-state index in [0.29, 0.717) is 27.4 Å². The Bertz CT molecular complexity index is 957. The second-order valence-corrected chi connectivity index (χ2v) is 6.68. The molecule has 0 amide bonds. The largest absolute Gasteiger partial charge is 1.00 e. The van der Waals surface area contributed by atoms with Crippen molar-refractivity contribution in [2.24, 2.45) is 7.05 Å². The number of fused-ring (bicyclic) bond motifs is 1. The van der Waals surface area contributed by atoms with Crippen molar-refractivity contribution in [3.63, 3.8) is 0 Å². The summed E-state index contributed by atoms with van der Waals surface area (Å²) >= 11 is 3.26. The third-order valence-electron chi connectivity index (χ3n) is 4.15. The molecule has 0 spiro atoms. The number of aromatic nitrogens is 3. The van der Waals surface area contributed by atoms with Gasteiger partial charge in [0.15, 0.2) is 5.65 Å². The summed E-state index contributed by atoms with van der Waals surface area (Å²) in [5.41, 5.74) is 3.02. The molecule has 0 saturated heterocycles. The first-order chi connectivity index (χ1) is 11.1. The zero-order valence-electron chi connectivity index (χ0n) is 13.8. The summed E-state index contributed by atoms with van der Waals surface area (Å²) in [6.07, 6.45) is 4.01. The first-order valence-electron chi connectivity index (χ1n) is 7.29. The summed E-state index contributed by atoms with van der Waals surface area (Å²) < 4.78 is 16.7. The van der Waals surface area contributed by atoms with Crippen molar-refractivity contribution < 1.29 is 66.0 Å². The van der Waals surface area contributed by atoms with Crippen molar-refractivity contribution in [1.82, 2.24) is 14.5 Å². The van der Waals surface area contributed by atoms with E-state index in [1.165, 1.54) is 6.07 Å². The number of aryl methyl sites for hydroxylation is 1. The van der Waals surface area contributed by atoms with Gasteiger partial charge in [-0.3, -0.25) is 4.98 Å². The molecule has 1 fully saturated rings.